The second-order valence-electron chi connectivity index (χ2n) is 6.60. The summed E-state index contributed by atoms with van der Waals surface area (Å²) in [7, 11) is 0. The Labute approximate surface area is 167 Å². The minimum Gasteiger partial charge on any atom is -0.357 e. The number of aliphatic imine (C=N–C) groups is 1. The zero-order valence-corrected chi connectivity index (χ0v) is 17.3. The number of benzene rings is 1. The van der Waals surface area contributed by atoms with Gasteiger partial charge >= 0.3 is 0 Å². The lowest BCUT2D eigenvalue weighted by atomic mass is 10.0. The number of hydrogen-bond donors (Lipinski definition) is 2. The molecular formula is C19H29IN4O. The number of guanidine groups is 1. The molecule has 3 rings (SSSR count). The van der Waals surface area contributed by atoms with Crippen LogP contribution in [0.15, 0.2) is 29.3 Å². The van der Waals surface area contributed by atoms with Crippen LogP contribution in [-0.2, 0) is 11.2 Å². The monoisotopic (exact) mass is 456 g/mol. The van der Waals surface area contributed by atoms with E-state index in [4.69, 9.17) is 0 Å². The Bertz CT molecular complexity index is 599. The van der Waals surface area contributed by atoms with E-state index < -0.39 is 0 Å². The number of hydrogen-bond acceptors (Lipinski definition) is 2. The molecule has 0 atom stereocenters. The van der Waals surface area contributed by atoms with Gasteiger partial charge in [-0.15, -0.1) is 24.0 Å². The lowest BCUT2D eigenvalue weighted by molar-refractivity contribution is -0.117. The molecule has 1 heterocycles. The van der Waals surface area contributed by atoms with E-state index in [-0.39, 0.29) is 36.4 Å². The fourth-order valence-electron chi connectivity index (χ4n) is 3.61. The third kappa shape index (κ3) is 5.33. The lowest BCUT2D eigenvalue weighted by Crippen LogP contribution is -2.43. The van der Waals surface area contributed by atoms with Gasteiger partial charge in [0, 0.05) is 24.8 Å². The molecule has 5 nitrogen and oxygen atoms in total. The van der Waals surface area contributed by atoms with Gasteiger partial charge < -0.3 is 15.5 Å². The number of amides is 1. The van der Waals surface area contributed by atoms with Crippen molar-refractivity contribution in [3.8, 4) is 0 Å². The summed E-state index contributed by atoms with van der Waals surface area (Å²) in [6, 6.07) is 8.69. The molecule has 0 bridgehead atoms. The number of para-hydroxylation sites is 1. The molecular weight excluding hydrogens is 427 g/mol. The number of nitrogens with zero attached hydrogens (tertiary/aromatic N) is 2. The number of nitrogens with one attached hydrogen (secondary N) is 2. The van der Waals surface area contributed by atoms with E-state index in [1.165, 1.54) is 31.2 Å². The third-order valence-corrected chi connectivity index (χ3v) is 4.82. The highest BCUT2D eigenvalue weighted by Crippen LogP contribution is 2.26. The fraction of sp³-hybridized carbons (Fsp3) is 0.579. The van der Waals surface area contributed by atoms with Crippen LogP contribution in [0.25, 0.3) is 0 Å². The summed E-state index contributed by atoms with van der Waals surface area (Å²) in [5, 5.41) is 6.72. The lowest BCUT2D eigenvalue weighted by Gasteiger charge is -2.29. The van der Waals surface area contributed by atoms with Gasteiger partial charge in [0.05, 0.1) is 0 Å². The van der Waals surface area contributed by atoms with Gasteiger partial charge in [-0.25, -0.2) is 4.99 Å². The first-order valence-electron chi connectivity index (χ1n) is 9.21. The zero-order valence-electron chi connectivity index (χ0n) is 15.0. The summed E-state index contributed by atoms with van der Waals surface area (Å²) >= 11 is 0. The van der Waals surface area contributed by atoms with E-state index in [2.05, 4.69) is 28.6 Å². The van der Waals surface area contributed by atoms with E-state index in [0.717, 1.165) is 37.6 Å². The van der Waals surface area contributed by atoms with E-state index in [0.29, 0.717) is 6.04 Å². The number of carbonyl (C=O) groups is 1. The Morgan fingerprint density at radius 2 is 2.00 bits per heavy atom. The van der Waals surface area contributed by atoms with Gasteiger partial charge in [0.2, 0.25) is 5.91 Å². The SMILES string of the molecule is CCNC(=NCC(=O)N1CCCc2ccccc21)NC1CCCC1.I. The zero-order chi connectivity index (χ0) is 16.8. The molecule has 0 radical (unpaired) electrons. The first kappa shape index (κ1) is 20.0. The van der Waals surface area contributed by atoms with Gasteiger partial charge in [-0.1, -0.05) is 31.0 Å². The Kier molecular flexibility index (Phi) is 7.99. The average molecular weight is 456 g/mol. The van der Waals surface area contributed by atoms with Crippen LogP contribution in [0.2, 0.25) is 0 Å². The molecule has 0 aromatic heterocycles. The van der Waals surface area contributed by atoms with Crippen LogP contribution >= 0.6 is 24.0 Å². The predicted octanol–water partition coefficient (Wildman–Crippen LogP) is 3.08. The summed E-state index contributed by atoms with van der Waals surface area (Å²) in [6.07, 6.45) is 7.01. The molecule has 6 heteroatoms. The Balaban J connectivity index is 0.00000225. The highest BCUT2D eigenvalue weighted by molar-refractivity contribution is 14.0. The van der Waals surface area contributed by atoms with Gasteiger partial charge in [0.25, 0.3) is 0 Å². The maximum atomic E-state index is 12.7. The number of carbonyl (C=O) groups excluding carboxylic acids is 1. The van der Waals surface area contributed by atoms with Gasteiger partial charge in [-0.2, -0.15) is 0 Å². The first-order valence-corrected chi connectivity index (χ1v) is 9.21. The molecule has 1 aliphatic carbocycles. The number of halogens is 1. The van der Waals surface area contributed by atoms with Crippen LogP contribution in [0.1, 0.15) is 44.6 Å². The normalized spacial score (nSPS) is 17.6. The van der Waals surface area contributed by atoms with E-state index in [1.54, 1.807) is 0 Å². The van der Waals surface area contributed by atoms with Crippen molar-refractivity contribution in [2.24, 2.45) is 4.99 Å². The highest BCUT2D eigenvalue weighted by atomic mass is 127. The van der Waals surface area contributed by atoms with Crippen molar-refractivity contribution >= 4 is 41.5 Å². The summed E-state index contributed by atoms with van der Waals surface area (Å²) < 4.78 is 0. The smallest absolute Gasteiger partial charge is 0.248 e. The number of fused-ring (bicyclic) bond motifs is 1. The fourth-order valence-corrected chi connectivity index (χ4v) is 3.61. The molecule has 1 aromatic rings. The molecule has 0 unspecified atom stereocenters. The average Bonchev–Trinajstić information content (AvgIpc) is 3.12. The largest absolute Gasteiger partial charge is 0.357 e. The number of aryl methyl sites for hydroxylation is 1. The van der Waals surface area contributed by atoms with Crippen LogP contribution < -0.4 is 15.5 Å². The molecule has 2 aliphatic rings. The quantitative estimate of drug-likeness (QED) is 0.416. The Morgan fingerprint density at radius 3 is 2.76 bits per heavy atom. The molecule has 1 aromatic carbocycles. The second-order valence-corrected chi connectivity index (χ2v) is 6.60. The van der Waals surface area contributed by atoms with Crippen molar-refractivity contribution < 1.29 is 4.79 Å². The van der Waals surface area contributed by atoms with E-state index >= 15 is 0 Å². The van der Waals surface area contributed by atoms with Crippen molar-refractivity contribution in [3.05, 3.63) is 29.8 Å². The standard InChI is InChI=1S/C19H28N4O.HI/c1-2-20-19(22-16-10-4-5-11-16)21-14-18(24)23-13-7-9-15-8-3-6-12-17(15)23;/h3,6,8,12,16H,2,4-5,7,9-11,13-14H2,1H3,(H2,20,21,22);1H. The van der Waals surface area contributed by atoms with Gasteiger partial charge in [-0.3, -0.25) is 4.79 Å². The molecule has 2 N–H and O–H groups in total. The Hall–Kier alpha value is -1.31. The maximum Gasteiger partial charge on any atom is 0.248 e. The topological polar surface area (TPSA) is 56.7 Å². The summed E-state index contributed by atoms with van der Waals surface area (Å²) in [5.41, 5.74) is 2.31. The maximum absolute atomic E-state index is 12.7. The molecule has 1 saturated carbocycles. The molecule has 25 heavy (non-hydrogen) atoms. The minimum absolute atomic E-state index is 0. The molecule has 138 valence electrons. The van der Waals surface area contributed by atoms with Gasteiger partial charge in [0.1, 0.15) is 6.54 Å². The number of rotatable bonds is 4. The van der Waals surface area contributed by atoms with Crippen LogP contribution in [-0.4, -0.2) is 37.5 Å². The summed E-state index contributed by atoms with van der Waals surface area (Å²) in [6.45, 7) is 3.84. The Morgan fingerprint density at radius 1 is 1.24 bits per heavy atom. The van der Waals surface area contributed by atoms with Crippen molar-refractivity contribution in [1.82, 2.24) is 10.6 Å². The molecule has 0 spiro atoms. The van der Waals surface area contributed by atoms with Crippen LogP contribution in [0.4, 0.5) is 5.69 Å². The summed E-state index contributed by atoms with van der Waals surface area (Å²) in [4.78, 5) is 19.1. The van der Waals surface area contributed by atoms with E-state index in [9.17, 15) is 4.79 Å². The van der Waals surface area contributed by atoms with Crippen molar-refractivity contribution in [3.63, 3.8) is 0 Å². The minimum atomic E-state index is 0. The first-order chi connectivity index (χ1) is 11.8. The van der Waals surface area contributed by atoms with Crippen LogP contribution in [0.5, 0.6) is 0 Å². The summed E-state index contributed by atoms with van der Waals surface area (Å²) in [5.74, 6) is 0.841. The molecule has 0 saturated heterocycles. The van der Waals surface area contributed by atoms with E-state index in [1.807, 2.05) is 23.1 Å². The van der Waals surface area contributed by atoms with Crippen LogP contribution in [0.3, 0.4) is 0 Å². The second kappa shape index (κ2) is 9.99. The van der Waals surface area contributed by atoms with Gasteiger partial charge in [0.15, 0.2) is 5.96 Å². The van der Waals surface area contributed by atoms with Crippen molar-refractivity contribution in [2.75, 3.05) is 24.5 Å². The van der Waals surface area contributed by atoms with Crippen molar-refractivity contribution in [2.45, 2.75) is 51.5 Å². The molecule has 1 amide bonds. The number of anilines is 1. The van der Waals surface area contributed by atoms with Gasteiger partial charge in [-0.05, 0) is 44.2 Å². The molecule has 1 aliphatic heterocycles. The highest BCUT2D eigenvalue weighted by Gasteiger charge is 2.22. The van der Waals surface area contributed by atoms with Crippen molar-refractivity contribution in [1.29, 1.82) is 0 Å². The third-order valence-electron chi connectivity index (χ3n) is 4.82. The van der Waals surface area contributed by atoms with Crippen LogP contribution in [0, 0.1) is 0 Å². The predicted molar refractivity (Wildman–Crippen MR) is 114 cm³/mol. The molecule has 1 fully saturated rings.